The number of nitro benzene ring substituents is 1. The van der Waals surface area contributed by atoms with Gasteiger partial charge in [0.1, 0.15) is 0 Å². The highest BCUT2D eigenvalue weighted by Crippen LogP contribution is 2.31. The van der Waals surface area contributed by atoms with Crippen LogP contribution in [-0.2, 0) is 11.2 Å². The average Bonchev–Trinajstić information content (AvgIpc) is 2.83. The number of nitrogens with zero attached hydrogens (tertiary/aromatic N) is 2. The van der Waals surface area contributed by atoms with Crippen molar-refractivity contribution < 1.29 is 9.72 Å². The third kappa shape index (κ3) is 3.15. The minimum atomic E-state index is -0.478. The van der Waals surface area contributed by atoms with Crippen LogP contribution in [0, 0.1) is 10.1 Å². The first-order valence-electron chi connectivity index (χ1n) is 7.43. The molecule has 2 aromatic carbocycles. The smallest absolute Gasteiger partial charge is 0.271 e. The van der Waals surface area contributed by atoms with Gasteiger partial charge in [0, 0.05) is 29.5 Å². The lowest BCUT2D eigenvalue weighted by molar-refractivity contribution is -0.384. The van der Waals surface area contributed by atoms with E-state index in [-0.39, 0.29) is 24.2 Å². The van der Waals surface area contributed by atoms with Crippen molar-refractivity contribution >= 4 is 23.0 Å². The highest BCUT2D eigenvalue weighted by atomic mass is 16.6. The van der Waals surface area contributed by atoms with Crippen LogP contribution in [0.4, 0.5) is 17.1 Å². The highest BCUT2D eigenvalue weighted by Gasteiger charge is 2.27. The van der Waals surface area contributed by atoms with E-state index in [1.807, 2.05) is 18.2 Å². The van der Waals surface area contributed by atoms with Crippen molar-refractivity contribution in [1.29, 1.82) is 0 Å². The third-order valence-corrected chi connectivity index (χ3v) is 4.00. The molecule has 0 aromatic heterocycles. The Bertz CT molecular complexity index is 760. The Labute approximate surface area is 133 Å². The zero-order chi connectivity index (χ0) is 16.4. The van der Waals surface area contributed by atoms with Crippen molar-refractivity contribution in [2.24, 2.45) is 0 Å². The standard InChI is InChI=1S/C17H17N3O3/c1-12-9-13-5-2-3-8-16(13)19(12)11-17(21)18-14-6-4-7-15(10-14)20(22)23/h2-8,10,12H,9,11H2,1H3,(H,18,21)/t12-/m0/s1. The second-order valence-corrected chi connectivity index (χ2v) is 5.67. The van der Waals surface area contributed by atoms with Gasteiger partial charge in [-0.25, -0.2) is 0 Å². The topological polar surface area (TPSA) is 75.5 Å². The zero-order valence-electron chi connectivity index (χ0n) is 12.7. The molecule has 1 atom stereocenters. The molecule has 0 bridgehead atoms. The molecule has 0 radical (unpaired) electrons. The number of amides is 1. The van der Waals surface area contributed by atoms with E-state index in [0.29, 0.717) is 5.69 Å². The summed E-state index contributed by atoms with van der Waals surface area (Å²) >= 11 is 0. The first-order valence-corrected chi connectivity index (χ1v) is 7.43. The van der Waals surface area contributed by atoms with Crippen molar-refractivity contribution in [3.8, 4) is 0 Å². The number of carbonyl (C=O) groups is 1. The van der Waals surface area contributed by atoms with Gasteiger partial charge in [0.2, 0.25) is 5.91 Å². The van der Waals surface area contributed by atoms with Crippen LogP contribution in [0.25, 0.3) is 0 Å². The lowest BCUT2D eigenvalue weighted by atomic mass is 10.1. The van der Waals surface area contributed by atoms with E-state index >= 15 is 0 Å². The van der Waals surface area contributed by atoms with E-state index in [2.05, 4.69) is 23.2 Å². The van der Waals surface area contributed by atoms with Gasteiger partial charge in [0.05, 0.1) is 11.5 Å². The van der Waals surface area contributed by atoms with Crippen molar-refractivity contribution in [3.05, 3.63) is 64.2 Å². The molecule has 0 saturated carbocycles. The van der Waals surface area contributed by atoms with Crippen LogP contribution in [0.1, 0.15) is 12.5 Å². The number of hydrogen-bond acceptors (Lipinski definition) is 4. The van der Waals surface area contributed by atoms with Gasteiger partial charge in [-0.1, -0.05) is 24.3 Å². The van der Waals surface area contributed by atoms with E-state index in [9.17, 15) is 14.9 Å². The Balaban J connectivity index is 1.71. The molecule has 0 aliphatic carbocycles. The first kappa shape index (κ1) is 15.0. The number of carbonyl (C=O) groups excluding carboxylic acids is 1. The van der Waals surface area contributed by atoms with Gasteiger partial charge in [-0.3, -0.25) is 14.9 Å². The molecule has 1 aliphatic heterocycles. The molecule has 1 heterocycles. The second-order valence-electron chi connectivity index (χ2n) is 5.67. The molecule has 0 saturated heterocycles. The normalized spacial score (nSPS) is 16.0. The monoisotopic (exact) mass is 311 g/mol. The molecule has 1 N–H and O–H groups in total. The summed E-state index contributed by atoms with van der Waals surface area (Å²) in [5.41, 5.74) is 2.71. The Hall–Kier alpha value is -2.89. The van der Waals surface area contributed by atoms with Crippen molar-refractivity contribution in [2.75, 3.05) is 16.8 Å². The third-order valence-electron chi connectivity index (χ3n) is 4.00. The molecule has 6 nitrogen and oxygen atoms in total. The van der Waals surface area contributed by atoms with E-state index in [0.717, 1.165) is 12.1 Å². The predicted molar refractivity (Wildman–Crippen MR) is 88.7 cm³/mol. The number of hydrogen-bond donors (Lipinski definition) is 1. The molecule has 1 aliphatic rings. The van der Waals surface area contributed by atoms with Gasteiger partial charge >= 0.3 is 0 Å². The predicted octanol–water partition coefficient (Wildman–Crippen LogP) is 2.98. The Kier molecular flexibility index (Phi) is 3.97. The van der Waals surface area contributed by atoms with E-state index in [4.69, 9.17) is 0 Å². The molecule has 6 heteroatoms. The van der Waals surface area contributed by atoms with Crippen LogP contribution in [0.5, 0.6) is 0 Å². The van der Waals surface area contributed by atoms with Crippen molar-refractivity contribution in [2.45, 2.75) is 19.4 Å². The lowest BCUT2D eigenvalue weighted by Crippen LogP contribution is -2.37. The molecule has 0 fully saturated rings. The van der Waals surface area contributed by atoms with E-state index < -0.39 is 4.92 Å². The highest BCUT2D eigenvalue weighted by molar-refractivity contribution is 5.94. The van der Waals surface area contributed by atoms with Gasteiger partial charge in [-0.05, 0) is 31.0 Å². The number of fused-ring (bicyclic) bond motifs is 1. The molecule has 0 spiro atoms. The summed E-state index contributed by atoms with van der Waals surface area (Å²) in [5.74, 6) is -0.186. The summed E-state index contributed by atoms with van der Waals surface area (Å²) in [7, 11) is 0. The van der Waals surface area contributed by atoms with Gasteiger partial charge in [-0.15, -0.1) is 0 Å². The number of rotatable bonds is 4. The van der Waals surface area contributed by atoms with Crippen LogP contribution >= 0.6 is 0 Å². The summed E-state index contributed by atoms with van der Waals surface area (Å²) < 4.78 is 0. The zero-order valence-corrected chi connectivity index (χ0v) is 12.7. The molecule has 1 amide bonds. The Morgan fingerprint density at radius 3 is 2.87 bits per heavy atom. The van der Waals surface area contributed by atoms with Crippen LogP contribution in [0.2, 0.25) is 0 Å². The summed E-state index contributed by atoms with van der Waals surface area (Å²) in [4.78, 5) is 24.6. The summed E-state index contributed by atoms with van der Waals surface area (Å²) in [6.45, 7) is 2.31. The minimum Gasteiger partial charge on any atom is -0.359 e. The molecule has 23 heavy (non-hydrogen) atoms. The van der Waals surface area contributed by atoms with Crippen LogP contribution in [-0.4, -0.2) is 23.4 Å². The van der Waals surface area contributed by atoms with E-state index in [1.165, 1.54) is 17.7 Å². The van der Waals surface area contributed by atoms with E-state index in [1.54, 1.807) is 12.1 Å². The summed E-state index contributed by atoms with van der Waals surface area (Å²) in [5, 5.41) is 13.5. The van der Waals surface area contributed by atoms with Crippen LogP contribution in [0.3, 0.4) is 0 Å². The molecule has 2 aromatic rings. The number of para-hydroxylation sites is 1. The summed E-state index contributed by atoms with van der Waals surface area (Å²) in [6, 6.07) is 14.3. The number of anilines is 2. The fourth-order valence-electron chi connectivity index (χ4n) is 2.92. The summed E-state index contributed by atoms with van der Waals surface area (Å²) in [6.07, 6.45) is 0.917. The number of benzene rings is 2. The van der Waals surface area contributed by atoms with Crippen LogP contribution < -0.4 is 10.2 Å². The average molecular weight is 311 g/mol. The molecular formula is C17H17N3O3. The second kappa shape index (κ2) is 6.08. The van der Waals surface area contributed by atoms with Crippen molar-refractivity contribution in [1.82, 2.24) is 0 Å². The minimum absolute atomic E-state index is 0.0392. The fraction of sp³-hybridized carbons (Fsp3) is 0.235. The number of non-ortho nitro benzene ring substituents is 1. The first-order chi connectivity index (χ1) is 11.0. The maximum absolute atomic E-state index is 12.3. The largest absolute Gasteiger partial charge is 0.359 e. The lowest BCUT2D eigenvalue weighted by Gasteiger charge is -2.24. The van der Waals surface area contributed by atoms with Crippen LogP contribution in [0.15, 0.2) is 48.5 Å². The van der Waals surface area contributed by atoms with Gasteiger partial charge in [0.25, 0.3) is 5.69 Å². The Morgan fingerprint density at radius 2 is 2.09 bits per heavy atom. The van der Waals surface area contributed by atoms with Gasteiger partial charge < -0.3 is 10.2 Å². The number of nitrogens with one attached hydrogen (secondary N) is 1. The fourth-order valence-corrected chi connectivity index (χ4v) is 2.92. The maximum atomic E-state index is 12.3. The number of nitro groups is 1. The quantitative estimate of drug-likeness (QED) is 0.695. The van der Waals surface area contributed by atoms with Crippen molar-refractivity contribution in [3.63, 3.8) is 0 Å². The maximum Gasteiger partial charge on any atom is 0.271 e. The molecule has 0 unspecified atom stereocenters. The molecule has 3 rings (SSSR count). The Morgan fingerprint density at radius 1 is 1.30 bits per heavy atom. The van der Waals surface area contributed by atoms with Gasteiger partial charge in [0.15, 0.2) is 0 Å². The SMILES string of the molecule is C[C@H]1Cc2ccccc2N1CC(=O)Nc1cccc([N+](=O)[O-])c1. The molecule has 118 valence electrons. The van der Waals surface area contributed by atoms with Gasteiger partial charge in [-0.2, -0.15) is 0 Å². The molecular weight excluding hydrogens is 294 g/mol.